The Labute approximate surface area is 116 Å². The van der Waals surface area contributed by atoms with Crippen LogP contribution in [0.4, 0.5) is 0 Å². The lowest BCUT2D eigenvalue weighted by Gasteiger charge is -2.44. The van der Waals surface area contributed by atoms with Crippen molar-refractivity contribution in [3.8, 4) is 5.75 Å². The molecule has 98 valence electrons. The van der Waals surface area contributed by atoms with E-state index in [1.54, 1.807) is 0 Å². The molecular weight excluding hydrogens is 292 g/mol. The van der Waals surface area contributed by atoms with Crippen molar-refractivity contribution in [3.63, 3.8) is 0 Å². The van der Waals surface area contributed by atoms with Crippen molar-refractivity contribution in [2.24, 2.45) is 0 Å². The molecule has 1 aromatic rings. The summed E-state index contributed by atoms with van der Waals surface area (Å²) >= 11 is 3.53. The molecule has 1 atom stereocenters. The van der Waals surface area contributed by atoms with Crippen molar-refractivity contribution in [2.75, 3.05) is 20.1 Å². The highest BCUT2D eigenvalue weighted by Crippen LogP contribution is 2.44. The molecule has 1 aromatic carbocycles. The molecule has 1 saturated heterocycles. The van der Waals surface area contributed by atoms with Crippen LogP contribution in [0.5, 0.6) is 5.75 Å². The molecule has 3 rings (SSSR count). The normalized spacial score (nSPS) is 25.6. The van der Waals surface area contributed by atoms with Gasteiger partial charge in [0.25, 0.3) is 0 Å². The van der Waals surface area contributed by atoms with Crippen molar-refractivity contribution in [3.05, 3.63) is 28.2 Å². The fourth-order valence-corrected chi connectivity index (χ4v) is 3.43. The molecule has 2 aliphatic rings. The zero-order chi connectivity index (χ0) is 12.6. The quantitative estimate of drug-likeness (QED) is 0.836. The molecule has 0 aromatic heterocycles. The van der Waals surface area contributed by atoms with Gasteiger partial charge in [-0.15, -0.1) is 0 Å². The van der Waals surface area contributed by atoms with Crippen molar-refractivity contribution < 1.29 is 4.74 Å². The van der Waals surface area contributed by atoms with Crippen molar-refractivity contribution >= 4 is 15.9 Å². The molecule has 2 N–H and O–H groups in total. The first-order chi connectivity index (χ1) is 8.72. The summed E-state index contributed by atoms with van der Waals surface area (Å²) in [6.07, 6.45) is 3.26. The average Bonchev–Trinajstić information content (AvgIpc) is 2.38. The van der Waals surface area contributed by atoms with Gasteiger partial charge in [0.15, 0.2) is 0 Å². The van der Waals surface area contributed by atoms with E-state index in [1.807, 2.05) is 7.05 Å². The first kappa shape index (κ1) is 12.5. The van der Waals surface area contributed by atoms with E-state index in [9.17, 15) is 0 Å². The van der Waals surface area contributed by atoms with Gasteiger partial charge < -0.3 is 15.4 Å². The van der Waals surface area contributed by atoms with E-state index >= 15 is 0 Å². The van der Waals surface area contributed by atoms with E-state index < -0.39 is 0 Å². The number of halogens is 1. The maximum Gasteiger partial charge on any atom is 0.126 e. The predicted octanol–water partition coefficient (Wildman–Crippen LogP) is 2.61. The maximum atomic E-state index is 6.36. The van der Waals surface area contributed by atoms with Gasteiger partial charge in [0.2, 0.25) is 0 Å². The van der Waals surface area contributed by atoms with E-state index in [0.29, 0.717) is 6.04 Å². The third-order valence-corrected chi connectivity index (χ3v) is 4.61. The van der Waals surface area contributed by atoms with Crippen LogP contribution in [-0.2, 0) is 0 Å². The minimum atomic E-state index is 0.0206. The first-order valence-electron chi connectivity index (χ1n) is 6.59. The van der Waals surface area contributed by atoms with E-state index in [4.69, 9.17) is 4.74 Å². The Balaban J connectivity index is 1.97. The van der Waals surface area contributed by atoms with Crippen LogP contribution in [0, 0.1) is 0 Å². The molecule has 3 nitrogen and oxygen atoms in total. The zero-order valence-corrected chi connectivity index (χ0v) is 12.2. The van der Waals surface area contributed by atoms with Crippen LogP contribution in [0.1, 0.15) is 30.9 Å². The van der Waals surface area contributed by atoms with Crippen LogP contribution in [0.25, 0.3) is 0 Å². The van der Waals surface area contributed by atoms with Gasteiger partial charge in [0, 0.05) is 22.5 Å². The number of rotatable bonds is 1. The SMILES string of the molecule is CNC1CC2(CCNCC2)Oc2cc(Br)ccc21. The van der Waals surface area contributed by atoms with Gasteiger partial charge >= 0.3 is 0 Å². The predicted molar refractivity (Wildman–Crippen MR) is 76.0 cm³/mol. The lowest BCUT2D eigenvalue weighted by Crippen LogP contribution is -2.50. The standard InChI is InChI=1S/C14H19BrN2O/c1-16-12-9-14(4-6-17-7-5-14)18-13-8-10(15)2-3-11(12)13/h2-3,8,12,16-17H,4-7,9H2,1H3. The monoisotopic (exact) mass is 310 g/mol. The van der Waals surface area contributed by atoms with Gasteiger partial charge in [0.05, 0.1) is 0 Å². The largest absolute Gasteiger partial charge is 0.487 e. The number of ether oxygens (including phenoxy) is 1. The molecule has 4 heteroatoms. The molecule has 2 aliphatic heterocycles. The summed E-state index contributed by atoms with van der Waals surface area (Å²) in [6.45, 7) is 2.11. The number of benzene rings is 1. The average molecular weight is 311 g/mol. The Morgan fingerprint density at radius 1 is 1.39 bits per heavy atom. The minimum absolute atomic E-state index is 0.0206. The van der Waals surface area contributed by atoms with E-state index in [0.717, 1.165) is 42.6 Å². The molecule has 2 heterocycles. The smallest absolute Gasteiger partial charge is 0.126 e. The topological polar surface area (TPSA) is 33.3 Å². The second kappa shape index (κ2) is 4.83. The molecule has 18 heavy (non-hydrogen) atoms. The molecule has 1 spiro atoms. The summed E-state index contributed by atoms with van der Waals surface area (Å²) in [5, 5.41) is 6.85. The second-order valence-electron chi connectivity index (χ2n) is 5.26. The highest BCUT2D eigenvalue weighted by molar-refractivity contribution is 9.10. The lowest BCUT2D eigenvalue weighted by atomic mass is 9.81. The fraction of sp³-hybridized carbons (Fsp3) is 0.571. The summed E-state index contributed by atoms with van der Waals surface area (Å²) in [7, 11) is 2.04. The maximum absolute atomic E-state index is 6.36. The van der Waals surface area contributed by atoms with Gasteiger partial charge in [-0.3, -0.25) is 0 Å². The Bertz CT molecular complexity index is 443. The van der Waals surface area contributed by atoms with Crippen molar-refractivity contribution in [2.45, 2.75) is 30.9 Å². The van der Waals surface area contributed by atoms with Gasteiger partial charge in [-0.1, -0.05) is 22.0 Å². The highest BCUT2D eigenvalue weighted by atomic mass is 79.9. The first-order valence-corrected chi connectivity index (χ1v) is 7.38. The van der Waals surface area contributed by atoms with Gasteiger partial charge in [0.1, 0.15) is 11.4 Å². The highest BCUT2D eigenvalue weighted by Gasteiger charge is 2.41. The number of piperidine rings is 1. The van der Waals surface area contributed by atoms with E-state index in [-0.39, 0.29) is 5.60 Å². The van der Waals surface area contributed by atoms with Crippen LogP contribution < -0.4 is 15.4 Å². The van der Waals surface area contributed by atoms with Crippen LogP contribution in [0.15, 0.2) is 22.7 Å². The third-order valence-electron chi connectivity index (χ3n) is 4.12. The Morgan fingerprint density at radius 3 is 2.89 bits per heavy atom. The molecule has 0 amide bonds. The molecule has 0 saturated carbocycles. The summed E-state index contributed by atoms with van der Waals surface area (Å²) in [6, 6.07) is 6.75. The lowest BCUT2D eigenvalue weighted by molar-refractivity contribution is 0.00405. The number of nitrogens with one attached hydrogen (secondary N) is 2. The van der Waals surface area contributed by atoms with E-state index in [2.05, 4.69) is 44.8 Å². The Kier molecular flexibility index (Phi) is 3.34. The van der Waals surface area contributed by atoms with Crippen LogP contribution in [-0.4, -0.2) is 25.7 Å². The number of hydrogen-bond acceptors (Lipinski definition) is 3. The second-order valence-corrected chi connectivity index (χ2v) is 6.18. The van der Waals surface area contributed by atoms with Gasteiger partial charge in [-0.2, -0.15) is 0 Å². The Hall–Kier alpha value is -0.580. The molecule has 1 fully saturated rings. The van der Waals surface area contributed by atoms with Crippen LogP contribution >= 0.6 is 15.9 Å². The summed E-state index contributed by atoms with van der Waals surface area (Å²) in [5.41, 5.74) is 1.30. The van der Waals surface area contributed by atoms with Crippen LogP contribution in [0.3, 0.4) is 0 Å². The van der Waals surface area contributed by atoms with E-state index in [1.165, 1.54) is 5.56 Å². The Morgan fingerprint density at radius 2 is 2.17 bits per heavy atom. The summed E-state index contributed by atoms with van der Waals surface area (Å²) in [5.74, 6) is 1.04. The van der Waals surface area contributed by atoms with Crippen molar-refractivity contribution in [1.82, 2.24) is 10.6 Å². The van der Waals surface area contributed by atoms with Crippen LogP contribution in [0.2, 0.25) is 0 Å². The molecule has 0 radical (unpaired) electrons. The van der Waals surface area contributed by atoms with Crippen molar-refractivity contribution in [1.29, 1.82) is 0 Å². The zero-order valence-electron chi connectivity index (χ0n) is 10.6. The third kappa shape index (κ3) is 2.17. The molecular formula is C14H19BrN2O. The van der Waals surface area contributed by atoms with Gasteiger partial charge in [-0.25, -0.2) is 0 Å². The molecule has 0 bridgehead atoms. The van der Waals surface area contributed by atoms with Gasteiger partial charge in [-0.05, 0) is 45.1 Å². The fourth-order valence-electron chi connectivity index (χ4n) is 3.09. The summed E-state index contributed by atoms with van der Waals surface area (Å²) in [4.78, 5) is 0. The number of fused-ring (bicyclic) bond motifs is 1. The number of hydrogen-bond donors (Lipinski definition) is 2. The molecule has 0 aliphatic carbocycles. The summed E-state index contributed by atoms with van der Waals surface area (Å²) < 4.78 is 7.45. The molecule has 1 unspecified atom stereocenters. The minimum Gasteiger partial charge on any atom is -0.487 e.